The fourth-order valence-corrected chi connectivity index (χ4v) is 1.54. The van der Waals surface area contributed by atoms with Gasteiger partial charge in [0.05, 0.1) is 11.7 Å². The first-order valence-corrected chi connectivity index (χ1v) is 4.63. The number of hydrogen-bond acceptors (Lipinski definition) is 2. The Morgan fingerprint density at radius 1 is 1.43 bits per heavy atom. The lowest BCUT2D eigenvalue weighted by atomic mass is 10.4. The van der Waals surface area contributed by atoms with E-state index in [1.807, 2.05) is 16.8 Å². The van der Waals surface area contributed by atoms with Crippen molar-refractivity contribution in [2.45, 2.75) is 19.9 Å². The molecule has 0 aliphatic rings. The fraction of sp³-hybridized carbons (Fsp3) is 0.400. The largest absolute Gasteiger partial charge is 0.330 e. The van der Waals surface area contributed by atoms with Crippen LogP contribution in [0.1, 0.15) is 19.9 Å². The standard InChI is InChI=1S/C10H13N3O/c1-7(2)13-5-4-8-9(13)11-6-12(3)10(8)14/h4-7H,1-3H3. The Morgan fingerprint density at radius 2 is 2.14 bits per heavy atom. The molecule has 0 aliphatic heterocycles. The predicted octanol–water partition coefficient (Wildman–Crippen LogP) is 1.32. The molecule has 0 spiro atoms. The van der Waals surface area contributed by atoms with Gasteiger partial charge in [-0.3, -0.25) is 4.79 Å². The first-order valence-electron chi connectivity index (χ1n) is 4.63. The van der Waals surface area contributed by atoms with E-state index < -0.39 is 0 Å². The van der Waals surface area contributed by atoms with Crippen molar-refractivity contribution in [1.82, 2.24) is 14.1 Å². The van der Waals surface area contributed by atoms with E-state index in [2.05, 4.69) is 18.8 Å². The smallest absolute Gasteiger partial charge is 0.262 e. The minimum Gasteiger partial charge on any atom is -0.330 e. The third-order valence-electron chi connectivity index (χ3n) is 2.35. The maximum Gasteiger partial charge on any atom is 0.262 e. The summed E-state index contributed by atoms with van der Waals surface area (Å²) in [5.41, 5.74) is 0.775. The third-order valence-corrected chi connectivity index (χ3v) is 2.35. The third kappa shape index (κ3) is 1.14. The van der Waals surface area contributed by atoms with Gasteiger partial charge in [-0.1, -0.05) is 0 Å². The topological polar surface area (TPSA) is 39.8 Å². The molecule has 2 aromatic heterocycles. The summed E-state index contributed by atoms with van der Waals surface area (Å²) >= 11 is 0. The quantitative estimate of drug-likeness (QED) is 0.682. The van der Waals surface area contributed by atoms with E-state index >= 15 is 0 Å². The van der Waals surface area contributed by atoms with Crippen LogP contribution in [-0.4, -0.2) is 14.1 Å². The molecule has 2 heterocycles. The molecule has 0 amide bonds. The van der Waals surface area contributed by atoms with E-state index in [4.69, 9.17) is 0 Å². The lowest BCUT2D eigenvalue weighted by Gasteiger charge is -2.07. The van der Waals surface area contributed by atoms with Crippen LogP contribution in [0, 0.1) is 0 Å². The number of rotatable bonds is 1. The van der Waals surface area contributed by atoms with Gasteiger partial charge in [-0.15, -0.1) is 0 Å². The van der Waals surface area contributed by atoms with Gasteiger partial charge in [0.1, 0.15) is 5.65 Å². The monoisotopic (exact) mass is 191 g/mol. The molecule has 0 fully saturated rings. The zero-order valence-electron chi connectivity index (χ0n) is 8.56. The van der Waals surface area contributed by atoms with Gasteiger partial charge in [0.25, 0.3) is 5.56 Å². The van der Waals surface area contributed by atoms with Crippen LogP contribution in [-0.2, 0) is 7.05 Å². The van der Waals surface area contributed by atoms with Crippen molar-refractivity contribution in [3.8, 4) is 0 Å². The number of aromatic nitrogens is 3. The van der Waals surface area contributed by atoms with E-state index in [0.717, 1.165) is 5.65 Å². The Hall–Kier alpha value is -1.58. The normalized spacial score (nSPS) is 11.4. The second-order valence-electron chi connectivity index (χ2n) is 3.71. The summed E-state index contributed by atoms with van der Waals surface area (Å²) in [6.07, 6.45) is 3.47. The second-order valence-corrected chi connectivity index (χ2v) is 3.71. The Balaban J connectivity index is 2.84. The molecule has 0 aliphatic carbocycles. The number of fused-ring (bicyclic) bond motifs is 1. The van der Waals surface area contributed by atoms with Gasteiger partial charge in [0.15, 0.2) is 0 Å². The second kappa shape index (κ2) is 2.97. The molecule has 2 rings (SSSR count). The molecular weight excluding hydrogens is 178 g/mol. The Morgan fingerprint density at radius 3 is 2.79 bits per heavy atom. The SMILES string of the molecule is CC(C)n1ccc2c(=O)n(C)cnc21. The van der Waals surface area contributed by atoms with E-state index in [1.54, 1.807) is 13.4 Å². The summed E-state index contributed by atoms with van der Waals surface area (Å²) in [4.78, 5) is 15.9. The zero-order chi connectivity index (χ0) is 10.3. The van der Waals surface area contributed by atoms with Crippen LogP contribution in [0.25, 0.3) is 11.0 Å². The van der Waals surface area contributed by atoms with E-state index in [1.165, 1.54) is 4.57 Å². The predicted molar refractivity (Wildman–Crippen MR) is 55.4 cm³/mol. The first kappa shape index (κ1) is 8.99. The van der Waals surface area contributed by atoms with Crippen molar-refractivity contribution in [3.05, 3.63) is 28.9 Å². The Bertz CT molecular complexity index is 522. The maximum absolute atomic E-state index is 11.7. The molecule has 0 unspecified atom stereocenters. The van der Waals surface area contributed by atoms with Crippen molar-refractivity contribution in [3.63, 3.8) is 0 Å². The zero-order valence-corrected chi connectivity index (χ0v) is 8.56. The lowest BCUT2D eigenvalue weighted by Crippen LogP contribution is -2.17. The van der Waals surface area contributed by atoms with Crippen molar-refractivity contribution in [2.24, 2.45) is 7.05 Å². The molecule has 0 bridgehead atoms. The van der Waals surface area contributed by atoms with Crippen LogP contribution >= 0.6 is 0 Å². The molecule has 0 radical (unpaired) electrons. The van der Waals surface area contributed by atoms with Gasteiger partial charge >= 0.3 is 0 Å². The highest BCUT2D eigenvalue weighted by Gasteiger charge is 2.08. The van der Waals surface area contributed by atoms with Crippen LogP contribution in [0.4, 0.5) is 0 Å². The molecule has 0 N–H and O–H groups in total. The summed E-state index contributed by atoms with van der Waals surface area (Å²) in [5.74, 6) is 0. The fourth-order valence-electron chi connectivity index (χ4n) is 1.54. The van der Waals surface area contributed by atoms with Gasteiger partial charge in [0.2, 0.25) is 0 Å². The Labute approximate surface area is 81.8 Å². The molecule has 0 saturated heterocycles. The number of nitrogens with zero attached hydrogens (tertiary/aromatic N) is 3. The highest BCUT2D eigenvalue weighted by molar-refractivity contribution is 5.74. The van der Waals surface area contributed by atoms with Gasteiger partial charge < -0.3 is 9.13 Å². The summed E-state index contributed by atoms with van der Waals surface area (Å²) in [6, 6.07) is 2.15. The average molecular weight is 191 g/mol. The minimum atomic E-state index is 0.00870. The van der Waals surface area contributed by atoms with Crippen molar-refractivity contribution >= 4 is 11.0 Å². The highest BCUT2D eigenvalue weighted by atomic mass is 16.1. The van der Waals surface area contributed by atoms with Crippen LogP contribution in [0.3, 0.4) is 0 Å². The van der Waals surface area contributed by atoms with Gasteiger partial charge in [-0.25, -0.2) is 4.98 Å². The molecule has 14 heavy (non-hydrogen) atoms. The molecule has 0 saturated carbocycles. The Kier molecular flexibility index (Phi) is 1.91. The maximum atomic E-state index is 11.7. The average Bonchev–Trinajstić information content (AvgIpc) is 2.55. The molecular formula is C10H13N3O. The van der Waals surface area contributed by atoms with Crippen molar-refractivity contribution in [2.75, 3.05) is 0 Å². The van der Waals surface area contributed by atoms with Crippen LogP contribution in [0.15, 0.2) is 23.4 Å². The molecule has 2 aromatic rings. The van der Waals surface area contributed by atoms with E-state index in [-0.39, 0.29) is 5.56 Å². The van der Waals surface area contributed by atoms with Gasteiger partial charge in [0, 0.05) is 19.3 Å². The summed E-state index contributed by atoms with van der Waals surface area (Å²) in [7, 11) is 1.71. The van der Waals surface area contributed by atoms with Crippen LogP contribution in [0.2, 0.25) is 0 Å². The van der Waals surface area contributed by atoms with E-state index in [0.29, 0.717) is 11.4 Å². The summed E-state index contributed by atoms with van der Waals surface area (Å²) < 4.78 is 3.49. The van der Waals surface area contributed by atoms with Crippen molar-refractivity contribution < 1.29 is 0 Å². The lowest BCUT2D eigenvalue weighted by molar-refractivity contribution is 0.616. The number of hydrogen-bond donors (Lipinski definition) is 0. The van der Waals surface area contributed by atoms with Gasteiger partial charge in [-0.2, -0.15) is 0 Å². The number of aryl methyl sites for hydroxylation is 1. The highest BCUT2D eigenvalue weighted by Crippen LogP contribution is 2.13. The molecule has 4 nitrogen and oxygen atoms in total. The minimum absolute atomic E-state index is 0.00870. The summed E-state index contributed by atoms with van der Waals surface area (Å²) in [6.45, 7) is 4.14. The van der Waals surface area contributed by atoms with Crippen LogP contribution < -0.4 is 5.56 Å². The molecule has 0 aromatic carbocycles. The van der Waals surface area contributed by atoms with Crippen LogP contribution in [0.5, 0.6) is 0 Å². The molecule has 4 heteroatoms. The van der Waals surface area contributed by atoms with Crippen molar-refractivity contribution in [1.29, 1.82) is 0 Å². The molecule has 0 atom stereocenters. The first-order chi connectivity index (χ1) is 6.61. The molecule has 74 valence electrons. The van der Waals surface area contributed by atoms with Gasteiger partial charge in [-0.05, 0) is 19.9 Å². The summed E-state index contributed by atoms with van der Waals surface area (Å²) in [5, 5.41) is 0.684. The van der Waals surface area contributed by atoms with E-state index in [9.17, 15) is 4.79 Å².